The van der Waals surface area contributed by atoms with Gasteiger partial charge < -0.3 is 9.88 Å². The van der Waals surface area contributed by atoms with Crippen molar-refractivity contribution in [2.75, 3.05) is 0 Å². The molecule has 23 heavy (non-hydrogen) atoms. The summed E-state index contributed by atoms with van der Waals surface area (Å²) in [7, 11) is 1.97. The molecule has 1 aromatic heterocycles. The molecule has 118 valence electrons. The van der Waals surface area contributed by atoms with Gasteiger partial charge in [-0.2, -0.15) is 5.26 Å². The third-order valence-electron chi connectivity index (χ3n) is 4.53. The molecule has 1 N–H and O–H groups in total. The fourth-order valence-electron chi connectivity index (χ4n) is 3.30. The number of amides is 1. The summed E-state index contributed by atoms with van der Waals surface area (Å²) in [5.41, 5.74) is 2.16. The van der Waals surface area contributed by atoms with Crippen molar-refractivity contribution < 1.29 is 4.79 Å². The van der Waals surface area contributed by atoms with Crippen LogP contribution in [0.1, 0.15) is 37.7 Å². The molecule has 0 bridgehead atoms. The summed E-state index contributed by atoms with van der Waals surface area (Å²) in [5, 5.41) is 13.4. The highest BCUT2D eigenvalue weighted by atomic mass is 16.1. The summed E-state index contributed by atoms with van der Waals surface area (Å²) in [6.45, 7) is 0. The fraction of sp³-hybridized carbons (Fsp3) is 0.368. The van der Waals surface area contributed by atoms with Crippen molar-refractivity contribution in [1.82, 2.24) is 9.88 Å². The number of aromatic nitrogens is 1. The molecular formula is C19H21N3O. The van der Waals surface area contributed by atoms with Crippen LogP contribution in [0.25, 0.3) is 17.0 Å². The van der Waals surface area contributed by atoms with Crippen LogP contribution in [-0.2, 0) is 11.8 Å². The van der Waals surface area contributed by atoms with E-state index in [2.05, 4.69) is 11.4 Å². The van der Waals surface area contributed by atoms with Gasteiger partial charge >= 0.3 is 0 Å². The molecule has 0 unspecified atom stereocenters. The molecule has 4 nitrogen and oxygen atoms in total. The summed E-state index contributed by atoms with van der Waals surface area (Å²) in [5.74, 6) is -0.257. The van der Waals surface area contributed by atoms with E-state index in [1.807, 2.05) is 42.1 Å². The molecule has 1 aromatic carbocycles. The van der Waals surface area contributed by atoms with Crippen molar-refractivity contribution >= 4 is 22.9 Å². The van der Waals surface area contributed by atoms with E-state index in [9.17, 15) is 10.1 Å². The third-order valence-corrected chi connectivity index (χ3v) is 4.53. The highest BCUT2D eigenvalue weighted by Gasteiger charge is 2.18. The van der Waals surface area contributed by atoms with Crippen LogP contribution in [0.2, 0.25) is 0 Å². The lowest BCUT2D eigenvalue weighted by molar-refractivity contribution is -0.117. The lowest BCUT2D eigenvalue weighted by atomic mass is 9.95. The molecule has 1 amide bonds. The van der Waals surface area contributed by atoms with Gasteiger partial charge in [-0.25, -0.2) is 0 Å². The van der Waals surface area contributed by atoms with Gasteiger partial charge in [0.2, 0.25) is 0 Å². The van der Waals surface area contributed by atoms with Crippen LogP contribution in [0.15, 0.2) is 36.0 Å². The summed E-state index contributed by atoms with van der Waals surface area (Å²) in [4.78, 5) is 12.4. The number of carbonyl (C=O) groups excluding carboxylic acids is 1. The van der Waals surface area contributed by atoms with Crippen LogP contribution < -0.4 is 5.32 Å². The van der Waals surface area contributed by atoms with E-state index in [-0.39, 0.29) is 17.5 Å². The molecule has 4 heteroatoms. The molecule has 0 spiro atoms. The van der Waals surface area contributed by atoms with Gasteiger partial charge in [0, 0.05) is 35.8 Å². The average Bonchev–Trinajstić information content (AvgIpc) is 2.90. The SMILES string of the molecule is Cn1cc(/C=C(/C#N)C(=O)NC2CCCCC2)c2ccccc21. The molecular weight excluding hydrogens is 286 g/mol. The zero-order valence-corrected chi connectivity index (χ0v) is 13.4. The number of aryl methyl sites for hydroxylation is 1. The van der Waals surface area contributed by atoms with Gasteiger partial charge in [0.05, 0.1) is 0 Å². The Morgan fingerprint density at radius 1 is 1.30 bits per heavy atom. The van der Waals surface area contributed by atoms with Crippen molar-refractivity contribution in [1.29, 1.82) is 5.26 Å². The Hall–Kier alpha value is -2.54. The minimum Gasteiger partial charge on any atom is -0.350 e. The van der Waals surface area contributed by atoms with Gasteiger partial charge in [-0.3, -0.25) is 4.79 Å². The quantitative estimate of drug-likeness (QED) is 0.696. The largest absolute Gasteiger partial charge is 0.350 e. The van der Waals surface area contributed by atoms with Gasteiger partial charge in [-0.15, -0.1) is 0 Å². The number of nitrogens with zero attached hydrogens (tertiary/aromatic N) is 2. The highest BCUT2D eigenvalue weighted by molar-refractivity contribution is 6.04. The molecule has 3 rings (SSSR count). The predicted molar refractivity (Wildman–Crippen MR) is 91.5 cm³/mol. The smallest absolute Gasteiger partial charge is 0.262 e. The summed E-state index contributed by atoms with van der Waals surface area (Å²) in [6, 6.07) is 10.2. The van der Waals surface area contributed by atoms with Crippen LogP contribution in [0.4, 0.5) is 0 Å². The number of rotatable bonds is 3. The molecule has 0 aliphatic heterocycles. The third kappa shape index (κ3) is 3.29. The molecule has 0 radical (unpaired) electrons. The van der Waals surface area contributed by atoms with Crippen molar-refractivity contribution in [2.45, 2.75) is 38.1 Å². The molecule has 0 saturated heterocycles. The second kappa shape index (κ2) is 6.70. The number of carbonyl (C=O) groups is 1. The topological polar surface area (TPSA) is 57.8 Å². The highest BCUT2D eigenvalue weighted by Crippen LogP contribution is 2.23. The van der Waals surface area contributed by atoms with E-state index in [4.69, 9.17) is 0 Å². The van der Waals surface area contributed by atoms with E-state index in [0.29, 0.717) is 0 Å². The van der Waals surface area contributed by atoms with Crippen molar-refractivity contribution in [3.05, 3.63) is 41.6 Å². The van der Waals surface area contributed by atoms with E-state index in [1.165, 1.54) is 6.42 Å². The summed E-state index contributed by atoms with van der Waals surface area (Å²) >= 11 is 0. The Kier molecular flexibility index (Phi) is 4.47. The monoisotopic (exact) mass is 307 g/mol. The first-order chi connectivity index (χ1) is 11.2. The second-order valence-electron chi connectivity index (χ2n) is 6.19. The maximum absolute atomic E-state index is 12.4. The number of para-hydroxylation sites is 1. The van der Waals surface area contributed by atoms with Crippen LogP contribution in [0, 0.1) is 11.3 Å². The van der Waals surface area contributed by atoms with Gasteiger partial charge in [0.25, 0.3) is 5.91 Å². The first-order valence-corrected chi connectivity index (χ1v) is 8.16. The lowest BCUT2D eigenvalue weighted by Crippen LogP contribution is -2.36. The zero-order valence-electron chi connectivity index (χ0n) is 13.4. The Morgan fingerprint density at radius 3 is 2.78 bits per heavy atom. The molecule has 1 aliphatic rings. The molecule has 1 aliphatic carbocycles. The van der Waals surface area contributed by atoms with Gasteiger partial charge in [0.1, 0.15) is 11.6 Å². The Balaban J connectivity index is 1.85. The Labute approximate surface area is 136 Å². The van der Waals surface area contributed by atoms with Crippen LogP contribution in [0.3, 0.4) is 0 Å². The van der Waals surface area contributed by atoms with E-state index < -0.39 is 0 Å². The number of hydrogen-bond acceptors (Lipinski definition) is 2. The number of fused-ring (bicyclic) bond motifs is 1. The van der Waals surface area contributed by atoms with E-state index >= 15 is 0 Å². The summed E-state index contributed by atoms with van der Waals surface area (Å²) in [6.07, 6.45) is 9.22. The predicted octanol–water partition coefficient (Wildman–Crippen LogP) is 3.53. The first-order valence-electron chi connectivity index (χ1n) is 8.16. The van der Waals surface area contributed by atoms with Gasteiger partial charge in [-0.05, 0) is 25.0 Å². The standard InChI is InChI=1S/C19H21N3O/c1-22-13-15(17-9-5-6-10-18(17)22)11-14(12-20)19(23)21-16-7-3-2-4-8-16/h5-6,9-11,13,16H,2-4,7-8H2,1H3,(H,21,23)/b14-11-. The molecule has 1 saturated carbocycles. The Bertz CT molecular complexity index is 789. The van der Waals surface area contributed by atoms with Crippen molar-refractivity contribution in [3.63, 3.8) is 0 Å². The fourth-order valence-corrected chi connectivity index (χ4v) is 3.30. The molecule has 0 atom stereocenters. The first kappa shape index (κ1) is 15.4. The maximum Gasteiger partial charge on any atom is 0.262 e. The molecule has 1 heterocycles. The van der Waals surface area contributed by atoms with Crippen molar-refractivity contribution in [2.24, 2.45) is 7.05 Å². The van der Waals surface area contributed by atoms with Crippen LogP contribution >= 0.6 is 0 Å². The Morgan fingerprint density at radius 2 is 2.04 bits per heavy atom. The van der Waals surface area contributed by atoms with Gasteiger partial charge in [0.15, 0.2) is 0 Å². The maximum atomic E-state index is 12.4. The van der Waals surface area contributed by atoms with Gasteiger partial charge in [-0.1, -0.05) is 37.5 Å². The number of nitriles is 1. The lowest BCUT2D eigenvalue weighted by Gasteiger charge is -2.22. The second-order valence-corrected chi connectivity index (χ2v) is 6.19. The normalized spacial score (nSPS) is 16.3. The number of hydrogen-bond donors (Lipinski definition) is 1. The van der Waals surface area contributed by atoms with E-state index in [1.54, 1.807) is 6.08 Å². The number of benzene rings is 1. The van der Waals surface area contributed by atoms with Crippen LogP contribution in [0.5, 0.6) is 0 Å². The summed E-state index contributed by atoms with van der Waals surface area (Å²) < 4.78 is 2.01. The number of nitrogens with one attached hydrogen (secondary N) is 1. The van der Waals surface area contributed by atoms with E-state index in [0.717, 1.165) is 42.1 Å². The zero-order chi connectivity index (χ0) is 16.2. The molecule has 2 aromatic rings. The molecule has 1 fully saturated rings. The average molecular weight is 307 g/mol. The van der Waals surface area contributed by atoms with Crippen molar-refractivity contribution in [3.8, 4) is 6.07 Å². The minimum atomic E-state index is -0.257. The van der Waals surface area contributed by atoms with Crippen LogP contribution in [-0.4, -0.2) is 16.5 Å². The minimum absolute atomic E-state index is 0.173.